The molecule has 0 bridgehead atoms. The van der Waals surface area contributed by atoms with Gasteiger partial charge in [0.1, 0.15) is 17.7 Å². The summed E-state index contributed by atoms with van der Waals surface area (Å²) in [6.07, 6.45) is -1.79. The lowest BCUT2D eigenvalue weighted by Crippen LogP contribution is -2.49. The number of carbonyl (C=O) groups is 2. The van der Waals surface area contributed by atoms with Crippen LogP contribution in [0.4, 0.5) is 9.18 Å². The number of rotatable bonds is 2. The van der Waals surface area contributed by atoms with Crippen LogP contribution in [-0.4, -0.2) is 47.9 Å². The molecule has 1 aliphatic rings. The maximum Gasteiger partial charge on any atom is 0.410 e. The van der Waals surface area contributed by atoms with E-state index in [2.05, 4.69) is 4.74 Å². The summed E-state index contributed by atoms with van der Waals surface area (Å²) >= 11 is 5.28. The van der Waals surface area contributed by atoms with Gasteiger partial charge < -0.3 is 14.4 Å². The summed E-state index contributed by atoms with van der Waals surface area (Å²) < 4.78 is 23.4. The molecular weight excluding hydrogens is 277 g/mol. The first-order chi connectivity index (χ1) is 8.74. The third-order valence-corrected chi connectivity index (χ3v) is 2.79. The quantitative estimate of drug-likeness (QED) is 0.579. The van der Waals surface area contributed by atoms with Crippen molar-refractivity contribution in [1.82, 2.24) is 4.90 Å². The second kappa shape index (κ2) is 6.41. The van der Waals surface area contributed by atoms with E-state index < -0.39 is 29.8 Å². The van der Waals surface area contributed by atoms with Crippen molar-refractivity contribution in [2.45, 2.75) is 39.0 Å². The van der Waals surface area contributed by atoms with E-state index in [0.717, 1.165) is 0 Å². The van der Waals surface area contributed by atoms with Crippen molar-refractivity contribution in [1.29, 1.82) is 0 Å². The molecule has 0 spiro atoms. The first-order valence-corrected chi connectivity index (χ1v) is 6.62. The Kier molecular flexibility index (Phi) is 5.40. The number of amides is 1. The predicted molar refractivity (Wildman–Crippen MR) is 67.6 cm³/mol. The van der Waals surface area contributed by atoms with Crippen LogP contribution in [0.5, 0.6) is 0 Å². The van der Waals surface area contributed by atoms with Crippen LogP contribution >= 0.6 is 11.6 Å². The number of piperidine rings is 1. The average Bonchev–Trinajstić information content (AvgIpc) is 2.27. The van der Waals surface area contributed by atoms with E-state index in [1.807, 2.05) is 0 Å². The Morgan fingerprint density at radius 1 is 1.42 bits per heavy atom. The van der Waals surface area contributed by atoms with Gasteiger partial charge in [-0.2, -0.15) is 0 Å². The van der Waals surface area contributed by atoms with Gasteiger partial charge in [0.25, 0.3) is 0 Å². The van der Waals surface area contributed by atoms with Crippen molar-refractivity contribution in [3.8, 4) is 0 Å². The molecule has 2 unspecified atom stereocenters. The van der Waals surface area contributed by atoms with E-state index in [9.17, 15) is 14.0 Å². The van der Waals surface area contributed by atoms with E-state index in [1.165, 1.54) is 4.90 Å². The fourth-order valence-electron chi connectivity index (χ4n) is 1.80. The Morgan fingerprint density at radius 2 is 2.05 bits per heavy atom. The van der Waals surface area contributed by atoms with E-state index in [1.54, 1.807) is 20.8 Å². The summed E-state index contributed by atoms with van der Waals surface area (Å²) in [6.45, 7) is 5.40. The topological polar surface area (TPSA) is 55.8 Å². The molecule has 0 aromatic heterocycles. The molecule has 5 nitrogen and oxygen atoms in total. The Balaban J connectivity index is 2.63. The first kappa shape index (κ1) is 16.0. The highest BCUT2D eigenvalue weighted by Crippen LogP contribution is 2.23. The molecule has 1 aliphatic heterocycles. The lowest BCUT2D eigenvalue weighted by Gasteiger charge is -2.34. The predicted octanol–water partition coefficient (Wildman–Crippen LogP) is 2.32. The highest BCUT2D eigenvalue weighted by Gasteiger charge is 2.38. The first-order valence-electron chi connectivity index (χ1n) is 6.09. The molecule has 1 fully saturated rings. The summed E-state index contributed by atoms with van der Waals surface area (Å²) in [5.41, 5.74) is -0.629. The molecule has 1 rings (SSSR count). The van der Waals surface area contributed by atoms with E-state index in [4.69, 9.17) is 16.3 Å². The fraction of sp³-hybridized carbons (Fsp3) is 0.833. The monoisotopic (exact) mass is 295 g/mol. The molecule has 0 radical (unpaired) electrons. The summed E-state index contributed by atoms with van der Waals surface area (Å²) in [7, 11) is 0. The molecule has 1 amide bonds. The molecule has 0 aliphatic carbocycles. The maximum atomic E-state index is 13.7. The van der Waals surface area contributed by atoms with Gasteiger partial charge in [-0.3, -0.25) is 4.79 Å². The molecule has 0 saturated carbocycles. The van der Waals surface area contributed by atoms with Crippen LogP contribution in [0, 0.1) is 5.92 Å². The smallest absolute Gasteiger partial charge is 0.410 e. The van der Waals surface area contributed by atoms with E-state index >= 15 is 0 Å². The number of hydrogen-bond donors (Lipinski definition) is 0. The van der Waals surface area contributed by atoms with Gasteiger partial charge in [-0.1, -0.05) is 11.6 Å². The van der Waals surface area contributed by atoms with Crippen LogP contribution in [-0.2, 0) is 14.3 Å². The zero-order chi connectivity index (χ0) is 14.6. The third kappa shape index (κ3) is 4.86. The minimum absolute atomic E-state index is 0.0498. The number of ether oxygens (including phenoxy) is 2. The summed E-state index contributed by atoms with van der Waals surface area (Å²) in [4.78, 5) is 24.7. The highest BCUT2D eigenvalue weighted by molar-refractivity contribution is 6.17. The Bertz CT molecular complexity index is 345. The molecular formula is C12H19ClFNO4. The summed E-state index contributed by atoms with van der Waals surface area (Å²) in [5, 5.41) is 0. The minimum atomic E-state index is -1.32. The molecule has 110 valence electrons. The van der Waals surface area contributed by atoms with Gasteiger partial charge in [-0.05, 0) is 27.2 Å². The summed E-state index contributed by atoms with van der Waals surface area (Å²) in [5.74, 6) is -1.73. The van der Waals surface area contributed by atoms with E-state index in [0.29, 0.717) is 0 Å². The number of likely N-dealkylation sites (tertiary alicyclic amines) is 1. The van der Waals surface area contributed by atoms with Gasteiger partial charge in [-0.25, -0.2) is 9.18 Å². The SMILES string of the molecule is CC(C)(C)OC(=O)N1CCC(F)C(C(=O)OCCl)C1. The fourth-order valence-corrected chi connectivity index (χ4v) is 1.91. The molecule has 0 aromatic rings. The van der Waals surface area contributed by atoms with Gasteiger partial charge in [0, 0.05) is 13.1 Å². The summed E-state index contributed by atoms with van der Waals surface area (Å²) in [6, 6.07) is -0.325. The van der Waals surface area contributed by atoms with Crippen LogP contribution in [0.15, 0.2) is 0 Å². The zero-order valence-corrected chi connectivity index (χ0v) is 12.1. The van der Waals surface area contributed by atoms with Crippen molar-refractivity contribution in [3.63, 3.8) is 0 Å². The van der Waals surface area contributed by atoms with Crippen LogP contribution in [0.25, 0.3) is 0 Å². The van der Waals surface area contributed by atoms with Crippen molar-refractivity contribution in [2.24, 2.45) is 5.92 Å². The lowest BCUT2D eigenvalue weighted by molar-refractivity contribution is -0.151. The number of carbonyl (C=O) groups excluding carboxylic acids is 2. The van der Waals surface area contributed by atoms with Gasteiger partial charge in [0.2, 0.25) is 0 Å². The Morgan fingerprint density at radius 3 is 2.58 bits per heavy atom. The third-order valence-electron chi connectivity index (χ3n) is 2.68. The van der Waals surface area contributed by atoms with Crippen molar-refractivity contribution in [2.75, 3.05) is 19.2 Å². The molecule has 19 heavy (non-hydrogen) atoms. The zero-order valence-electron chi connectivity index (χ0n) is 11.3. The number of halogens is 2. The van der Waals surface area contributed by atoms with Gasteiger partial charge in [0.05, 0.1) is 0 Å². The standard InChI is InChI=1S/C12H19ClFNO4/c1-12(2,3)19-11(17)15-5-4-9(14)8(6-15)10(16)18-7-13/h8-9H,4-7H2,1-3H3. The highest BCUT2D eigenvalue weighted by atomic mass is 35.5. The average molecular weight is 296 g/mol. The van der Waals surface area contributed by atoms with Crippen molar-refractivity contribution < 1.29 is 23.5 Å². The van der Waals surface area contributed by atoms with Crippen LogP contribution in [0.3, 0.4) is 0 Å². The van der Waals surface area contributed by atoms with Crippen molar-refractivity contribution >= 4 is 23.7 Å². The maximum absolute atomic E-state index is 13.7. The number of hydrogen-bond acceptors (Lipinski definition) is 4. The number of nitrogens with zero attached hydrogens (tertiary/aromatic N) is 1. The normalized spacial score (nSPS) is 23.9. The van der Waals surface area contributed by atoms with Crippen LogP contribution in [0.2, 0.25) is 0 Å². The second-order valence-corrected chi connectivity index (χ2v) is 5.63. The van der Waals surface area contributed by atoms with Crippen LogP contribution < -0.4 is 0 Å². The minimum Gasteiger partial charge on any atom is -0.449 e. The molecule has 7 heteroatoms. The van der Waals surface area contributed by atoms with Crippen molar-refractivity contribution in [3.05, 3.63) is 0 Å². The molecule has 1 saturated heterocycles. The molecule has 2 atom stereocenters. The Hall–Kier alpha value is -1.04. The van der Waals surface area contributed by atoms with Gasteiger partial charge in [-0.15, -0.1) is 0 Å². The van der Waals surface area contributed by atoms with Crippen LogP contribution in [0.1, 0.15) is 27.2 Å². The number of esters is 1. The largest absolute Gasteiger partial charge is 0.449 e. The number of alkyl halides is 2. The molecule has 1 heterocycles. The Labute approximate surface area is 117 Å². The lowest BCUT2D eigenvalue weighted by atomic mass is 9.96. The van der Waals surface area contributed by atoms with Gasteiger partial charge in [0.15, 0.2) is 6.07 Å². The van der Waals surface area contributed by atoms with Gasteiger partial charge >= 0.3 is 12.1 Å². The second-order valence-electron chi connectivity index (χ2n) is 5.41. The van der Waals surface area contributed by atoms with E-state index in [-0.39, 0.29) is 25.6 Å². The molecule has 0 aromatic carbocycles. The molecule has 0 N–H and O–H groups in total.